The second-order valence-corrected chi connectivity index (χ2v) is 2.89. The Hall–Kier alpha value is -0.860. The van der Waals surface area contributed by atoms with Crippen LogP contribution in [0.3, 0.4) is 0 Å². The van der Waals surface area contributed by atoms with Gasteiger partial charge in [0.15, 0.2) is 0 Å². The molecular formula is C8H15NO2. The molecule has 0 N–H and O–H groups in total. The minimum Gasteiger partial charge on any atom is -0.550 e. The first-order chi connectivity index (χ1) is 5.02. The molecular weight excluding hydrogens is 142 g/mol. The number of nitrogens with zero attached hydrogens (tertiary/aromatic N) is 1. The van der Waals surface area contributed by atoms with E-state index >= 15 is 0 Å². The molecule has 0 radical (unpaired) electrons. The van der Waals surface area contributed by atoms with Crippen molar-refractivity contribution in [3.8, 4) is 0 Å². The highest BCUT2D eigenvalue weighted by Gasteiger charge is 2.12. The normalized spacial score (nSPS) is 21.7. The van der Waals surface area contributed by atoms with E-state index < -0.39 is 5.97 Å². The predicted molar refractivity (Wildman–Crippen MR) is 41.6 cm³/mol. The van der Waals surface area contributed by atoms with Crippen molar-refractivity contribution < 1.29 is 14.5 Å². The summed E-state index contributed by atoms with van der Waals surface area (Å²) in [4.78, 5) is 8.89. The Bertz CT molecular complexity index is 159. The number of rotatable bonds is 0. The molecule has 0 aliphatic carbocycles. The predicted octanol–water partition coefficient (Wildman–Crippen LogP) is -0.505. The summed E-state index contributed by atoms with van der Waals surface area (Å²) < 4.78 is 2.25. The molecule has 3 nitrogen and oxygen atoms in total. The van der Waals surface area contributed by atoms with Crippen molar-refractivity contribution in [3.05, 3.63) is 0 Å². The number of carboxylic acids is 1. The van der Waals surface area contributed by atoms with Crippen LogP contribution in [0, 0.1) is 5.92 Å². The monoisotopic (exact) mass is 157 g/mol. The second-order valence-electron chi connectivity index (χ2n) is 2.89. The van der Waals surface area contributed by atoms with E-state index in [2.05, 4.69) is 24.8 Å². The highest BCUT2D eigenvalue weighted by Crippen LogP contribution is 2.02. The fourth-order valence-electron chi connectivity index (χ4n) is 0.991. The number of carbonyl (C=O) groups is 1. The number of carboxylic acid groups (broad SMARTS) is 1. The Labute approximate surface area is 67.4 Å². The zero-order chi connectivity index (χ0) is 8.85. The third kappa shape index (κ3) is 7.03. The van der Waals surface area contributed by atoms with Crippen molar-refractivity contribution in [1.29, 1.82) is 0 Å². The molecule has 0 aromatic rings. The Balaban J connectivity index is 0.000000218. The Morgan fingerprint density at radius 2 is 2.18 bits per heavy atom. The average Bonchev–Trinajstić information content (AvgIpc) is 2.13. The van der Waals surface area contributed by atoms with Gasteiger partial charge in [0.25, 0.3) is 0 Å². The largest absolute Gasteiger partial charge is 0.550 e. The van der Waals surface area contributed by atoms with E-state index in [0.717, 1.165) is 12.8 Å². The quantitative estimate of drug-likeness (QED) is 0.445. The summed E-state index contributed by atoms with van der Waals surface area (Å²) in [5, 5.41) is 8.89. The van der Waals surface area contributed by atoms with Gasteiger partial charge in [0.1, 0.15) is 19.8 Å². The van der Waals surface area contributed by atoms with Crippen LogP contribution in [-0.2, 0) is 4.79 Å². The average molecular weight is 157 g/mol. The molecule has 0 aromatic heterocycles. The van der Waals surface area contributed by atoms with Crippen molar-refractivity contribution >= 4 is 12.2 Å². The third-order valence-corrected chi connectivity index (χ3v) is 1.45. The van der Waals surface area contributed by atoms with Crippen LogP contribution in [0.25, 0.3) is 0 Å². The standard InChI is InChI=1S/C6H12N.C2H4O2/c1-6-3-4-7(2)5-6;1-2(3)4/h5-6H,3-4H2,1-2H3;1H3,(H,3,4)/q+1;/p-1. The van der Waals surface area contributed by atoms with Crippen LogP contribution in [0.2, 0.25) is 0 Å². The fraction of sp³-hybridized carbons (Fsp3) is 0.750. The van der Waals surface area contributed by atoms with Gasteiger partial charge in [0, 0.05) is 18.3 Å². The first kappa shape index (κ1) is 10.1. The van der Waals surface area contributed by atoms with E-state index in [1.807, 2.05) is 0 Å². The van der Waals surface area contributed by atoms with Crippen LogP contribution < -0.4 is 5.11 Å². The smallest absolute Gasteiger partial charge is 0.143 e. The van der Waals surface area contributed by atoms with E-state index in [4.69, 9.17) is 9.90 Å². The van der Waals surface area contributed by atoms with Gasteiger partial charge in [-0.15, -0.1) is 0 Å². The number of aliphatic carboxylic acids is 1. The van der Waals surface area contributed by atoms with Gasteiger partial charge in [-0.1, -0.05) is 6.92 Å². The van der Waals surface area contributed by atoms with Gasteiger partial charge in [0.2, 0.25) is 0 Å². The van der Waals surface area contributed by atoms with E-state index in [1.165, 1.54) is 13.0 Å². The molecule has 64 valence electrons. The van der Waals surface area contributed by atoms with Crippen molar-refractivity contribution in [1.82, 2.24) is 0 Å². The fourth-order valence-corrected chi connectivity index (χ4v) is 0.991. The van der Waals surface area contributed by atoms with E-state index in [-0.39, 0.29) is 0 Å². The minimum absolute atomic E-state index is 0.824. The molecule has 0 fully saturated rings. The lowest BCUT2D eigenvalue weighted by Crippen LogP contribution is -2.16. The van der Waals surface area contributed by atoms with Gasteiger partial charge in [-0.3, -0.25) is 0 Å². The summed E-state index contributed by atoms with van der Waals surface area (Å²) in [6, 6.07) is 0. The Morgan fingerprint density at radius 1 is 1.73 bits per heavy atom. The highest BCUT2D eigenvalue weighted by atomic mass is 16.4. The first-order valence-corrected chi connectivity index (χ1v) is 3.75. The summed E-state index contributed by atoms with van der Waals surface area (Å²) in [5.41, 5.74) is 0. The molecule has 1 aliphatic heterocycles. The van der Waals surface area contributed by atoms with E-state index in [0.29, 0.717) is 0 Å². The SMILES string of the molecule is CC(=O)[O-].CC1C=[N+](C)CC1. The molecule has 11 heavy (non-hydrogen) atoms. The molecule has 1 heterocycles. The molecule has 1 rings (SSSR count). The summed E-state index contributed by atoms with van der Waals surface area (Å²) in [7, 11) is 2.13. The second kappa shape index (κ2) is 4.88. The maximum Gasteiger partial charge on any atom is 0.143 e. The molecule has 3 heteroatoms. The van der Waals surface area contributed by atoms with Crippen molar-refractivity contribution in [2.45, 2.75) is 20.3 Å². The first-order valence-electron chi connectivity index (χ1n) is 3.75. The maximum atomic E-state index is 8.89. The molecule has 0 bridgehead atoms. The van der Waals surface area contributed by atoms with Gasteiger partial charge in [0.05, 0.1) is 0 Å². The van der Waals surface area contributed by atoms with Gasteiger partial charge in [-0.25, -0.2) is 4.58 Å². The maximum absolute atomic E-state index is 8.89. The number of carbonyl (C=O) groups excluding carboxylic acids is 1. The van der Waals surface area contributed by atoms with Crippen LogP contribution in [0.15, 0.2) is 0 Å². The zero-order valence-corrected chi connectivity index (χ0v) is 7.33. The molecule has 0 amide bonds. The minimum atomic E-state index is -1.08. The van der Waals surface area contributed by atoms with Gasteiger partial charge in [-0.05, 0) is 6.92 Å². The summed E-state index contributed by atoms with van der Waals surface area (Å²) >= 11 is 0. The topological polar surface area (TPSA) is 43.1 Å². The molecule has 0 saturated heterocycles. The zero-order valence-electron chi connectivity index (χ0n) is 7.33. The lowest BCUT2D eigenvalue weighted by atomic mass is 10.2. The van der Waals surface area contributed by atoms with E-state index in [9.17, 15) is 0 Å². The molecule has 1 unspecified atom stereocenters. The van der Waals surface area contributed by atoms with Gasteiger partial charge in [-0.2, -0.15) is 0 Å². The van der Waals surface area contributed by atoms with Crippen LogP contribution in [0.1, 0.15) is 20.3 Å². The highest BCUT2D eigenvalue weighted by molar-refractivity contribution is 5.60. The van der Waals surface area contributed by atoms with Crippen molar-refractivity contribution in [2.24, 2.45) is 5.92 Å². The van der Waals surface area contributed by atoms with Crippen molar-refractivity contribution in [3.63, 3.8) is 0 Å². The number of hydrogen-bond donors (Lipinski definition) is 0. The van der Waals surface area contributed by atoms with Gasteiger partial charge < -0.3 is 9.90 Å². The molecule has 1 aliphatic rings. The van der Waals surface area contributed by atoms with Crippen LogP contribution in [0.5, 0.6) is 0 Å². The molecule has 0 saturated carbocycles. The summed E-state index contributed by atoms with van der Waals surface area (Å²) in [6.07, 6.45) is 3.62. The number of hydrogen-bond acceptors (Lipinski definition) is 2. The van der Waals surface area contributed by atoms with E-state index in [1.54, 1.807) is 0 Å². The third-order valence-electron chi connectivity index (χ3n) is 1.45. The summed E-state index contributed by atoms with van der Waals surface area (Å²) in [6.45, 7) is 4.48. The summed E-state index contributed by atoms with van der Waals surface area (Å²) in [5.74, 6) is -0.259. The van der Waals surface area contributed by atoms with Gasteiger partial charge >= 0.3 is 0 Å². The van der Waals surface area contributed by atoms with Crippen LogP contribution in [-0.4, -0.2) is 30.4 Å². The van der Waals surface area contributed by atoms with Crippen molar-refractivity contribution in [2.75, 3.05) is 13.6 Å². The Kier molecular flexibility index (Phi) is 4.50. The molecule has 0 aromatic carbocycles. The lowest BCUT2D eigenvalue weighted by molar-refractivity contribution is -0.484. The Morgan fingerprint density at radius 3 is 2.27 bits per heavy atom. The molecule has 1 atom stereocenters. The van der Waals surface area contributed by atoms with Crippen LogP contribution >= 0.6 is 0 Å². The lowest BCUT2D eigenvalue weighted by Gasteiger charge is -1.81. The molecule has 0 spiro atoms. The van der Waals surface area contributed by atoms with Crippen LogP contribution in [0.4, 0.5) is 0 Å².